The topological polar surface area (TPSA) is 75.2 Å². The molecule has 1 rings (SSSR count). The summed E-state index contributed by atoms with van der Waals surface area (Å²) in [5, 5.41) is 10.1. The predicted octanol–water partition coefficient (Wildman–Crippen LogP) is -0.460. The molecule has 0 bridgehead atoms. The van der Waals surface area contributed by atoms with Crippen molar-refractivity contribution in [2.75, 3.05) is 6.54 Å². The van der Waals surface area contributed by atoms with E-state index in [1.165, 1.54) is 6.92 Å². The third kappa shape index (κ3) is 7.54. The highest BCUT2D eigenvalue weighted by Gasteiger charge is 1.94. The third-order valence-corrected chi connectivity index (χ3v) is 1.68. The van der Waals surface area contributed by atoms with Crippen molar-refractivity contribution < 1.29 is 19.3 Å². The van der Waals surface area contributed by atoms with E-state index < -0.39 is 5.97 Å². The molecular formula is C10H18N3O3+. The van der Waals surface area contributed by atoms with Crippen molar-refractivity contribution in [3.05, 3.63) is 18.7 Å². The first-order valence-corrected chi connectivity index (χ1v) is 4.93. The molecule has 2 N–H and O–H groups in total. The number of hydrogen-bond donors (Lipinski definition) is 2. The maximum absolute atomic E-state index is 9.97. The third-order valence-electron chi connectivity index (χ3n) is 1.68. The summed E-state index contributed by atoms with van der Waals surface area (Å²) in [6.07, 6.45) is 6.14. The average Bonchev–Trinajstić information content (AvgIpc) is 2.62. The fourth-order valence-electron chi connectivity index (χ4n) is 0.889. The zero-order valence-electron chi connectivity index (χ0n) is 9.80. The van der Waals surface area contributed by atoms with E-state index in [1.807, 2.05) is 17.8 Å². The van der Waals surface area contributed by atoms with E-state index in [4.69, 9.17) is 5.11 Å². The molecule has 0 aromatic carbocycles. The maximum Gasteiger partial charge on any atom is 0.322 e. The van der Waals surface area contributed by atoms with E-state index in [-0.39, 0.29) is 12.5 Å². The molecule has 0 aliphatic heterocycles. The zero-order valence-corrected chi connectivity index (χ0v) is 9.80. The normalized spacial score (nSPS) is 8.94. The van der Waals surface area contributed by atoms with Gasteiger partial charge in [0.2, 0.25) is 12.2 Å². The molecule has 16 heavy (non-hydrogen) atoms. The largest absolute Gasteiger partial charge is 0.480 e. The highest BCUT2D eigenvalue weighted by Crippen LogP contribution is 1.79. The van der Waals surface area contributed by atoms with Crippen LogP contribution >= 0.6 is 0 Å². The number of amides is 1. The summed E-state index contributed by atoms with van der Waals surface area (Å²) >= 11 is 0. The van der Waals surface area contributed by atoms with Crippen LogP contribution in [0.1, 0.15) is 13.8 Å². The summed E-state index contributed by atoms with van der Waals surface area (Å²) in [5.74, 6) is -1.35. The summed E-state index contributed by atoms with van der Waals surface area (Å²) in [6, 6.07) is 0. The Hall–Kier alpha value is -1.85. The molecule has 1 aromatic rings. The molecule has 0 saturated heterocycles. The van der Waals surface area contributed by atoms with Gasteiger partial charge in [0.05, 0.1) is 13.6 Å². The molecule has 0 radical (unpaired) electrons. The number of carbonyl (C=O) groups excluding carboxylic acids is 1. The van der Waals surface area contributed by atoms with Gasteiger partial charge in [0, 0.05) is 6.92 Å². The summed E-state index contributed by atoms with van der Waals surface area (Å²) in [7, 11) is 2.02. The van der Waals surface area contributed by atoms with Crippen LogP contribution in [0.4, 0.5) is 0 Å². The quantitative estimate of drug-likeness (QED) is 0.687. The molecule has 0 aliphatic carbocycles. The van der Waals surface area contributed by atoms with Crippen LogP contribution in [0.25, 0.3) is 0 Å². The van der Waals surface area contributed by atoms with Gasteiger partial charge in [-0.15, -0.1) is 0 Å². The van der Waals surface area contributed by atoms with Gasteiger partial charge in [0.1, 0.15) is 18.9 Å². The van der Waals surface area contributed by atoms with Gasteiger partial charge in [-0.3, -0.25) is 9.59 Å². The van der Waals surface area contributed by atoms with Crippen molar-refractivity contribution in [2.24, 2.45) is 7.05 Å². The summed E-state index contributed by atoms with van der Waals surface area (Å²) in [5.41, 5.74) is 0. The smallest absolute Gasteiger partial charge is 0.322 e. The van der Waals surface area contributed by atoms with Crippen LogP contribution < -0.4 is 9.88 Å². The van der Waals surface area contributed by atoms with Gasteiger partial charge in [0.25, 0.3) is 0 Å². The molecule has 6 heteroatoms. The lowest BCUT2D eigenvalue weighted by atomic mass is 10.6. The van der Waals surface area contributed by atoms with Crippen molar-refractivity contribution in [3.63, 3.8) is 0 Å². The second-order valence-electron chi connectivity index (χ2n) is 3.21. The van der Waals surface area contributed by atoms with Gasteiger partial charge >= 0.3 is 5.97 Å². The van der Waals surface area contributed by atoms with E-state index in [0.29, 0.717) is 0 Å². The number of carboxylic acid groups (broad SMARTS) is 1. The maximum atomic E-state index is 9.97. The van der Waals surface area contributed by atoms with Gasteiger partial charge in [0.15, 0.2) is 0 Å². The first-order valence-electron chi connectivity index (χ1n) is 4.93. The number of aromatic nitrogens is 2. The minimum Gasteiger partial charge on any atom is -0.480 e. The van der Waals surface area contributed by atoms with Crippen molar-refractivity contribution in [2.45, 2.75) is 20.4 Å². The Morgan fingerprint density at radius 1 is 1.50 bits per heavy atom. The molecule has 1 amide bonds. The molecule has 0 fully saturated rings. The number of hydrogen-bond acceptors (Lipinski definition) is 2. The SMILES string of the molecule is CC(=O)NCC(=O)O.CCn1cc[n+](C)c1. The number of rotatable bonds is 3. The minimum atomic E-state index is -1.03. The Balaban J connectivity index is 0.000000281. The fraction of sp³-hybridized carbons (Fsp3) is 0.500. The number of carboxylic acids is 1. The molecular weight excluding hydrogens is 210 g/mol. The van der Waals surface area contributed by atoms with Crippen molar-refractivity contribution in [1.29, 1.82) is 0 Å². The van der Waals surface area contributed by atoms with Crippen LogP contribution in [0.15, 0.2) is 18.7 Å². The van der Waals surface area contributed by atoms with Gasteiger partial charge in [-0.25, -0.2) is 9.13 Å². The van der Waals surface area contributed by atoms with Crippen LogP contribution in [0.3, 0.4) is 0 Å². The monoisotopic (exact) mass is 228 g/mol. The number of imidazole rings is 1. The van der Waals surface area contributed by atoms with Crippen LogP contribution in [-0.2, 0) is 23.2 Å². The van der Waals surface area contributed by atoms with Gasteiger partial charge in [-0.05, 0) is 6.92 Å². The van der Waals surface area contributed by atoms with E-state index in [2.05, 4.69) is 29.3 Å². The minimum absolute atomic E-state index is 0.296. The Labute approximate surface area is 94.5 Å². The van der Waals surface area contributed by atoms with Gasteiger partial charge < -0.3 is 10.4 Å². The lowest BCUT2D eigenvalue weighted by Crippen LogP contribution is -2.26. The van der Waals surface area contributed by atoms with Crippen molar-refractivity contribution >= 4 is 11.9 Å². The van der Waals surface area contributed by atoms with Gasteiger partial charge in [-0.1, -0.05) is 0 Å². The molecule has 0 saturated carbocycles. The molecule has 0 unspecified atom stereocenters. The van der Waals surface area contributed by atoms with E-state index in [1.54, 1.807) is 0 Å². The molecule has 6 nitrogen and oxygen atoms in total. The van der Waals surface area contributed by atoms with Crippen LogP contribution in [0, 0.1) is 0 Å². The zero-order chi connectivity index (χ0) is 12.6. The van der Waals surface area contributed by atoms with Crippen molar-refractivity contribution in [1.82, 2.24) is 9.88 Å². The Kier molecular flexibility index (Phi) is 6.58. The standard InChI is InChI=1S/C6H11N2.C4H7NO3/c1-3-8-5-4-7(2)6-8;1-3(6)5-2-4(7)8/h4-6H,3H2,1-2H3;2H2,1H3,(H,5,6)(H,7,8)/q+1;. The Morgan fingerprint density at radius 3 is 2.31 bits per heavy atom. The van der Waals surface area contributed by atoms with Crippen LogP contribution in [0.2, 0.25) is 0 Å². The molecule has 90 valence electrons. The highest BCUT2D eigenvalue weighted by molar-refractivity contribution is 5.79. The van der Waals surface area contributed by atoms with Crippen molar-refractivity contribution in [3.8, 4) is 0 Å². The van der Waals surface area contributed by atoms with Gasteiger partial charge in [-0.2, -0.15) is 0 Å². The Bertz CT molecular complexity index is 333. The number of aliphatic carboxylic acids is 1. The molecule has 0 aliphatic rings. The highest BCUT2D eigenvalue weighted by atomic mass is 16.4. The number of aryl methyl sites for hydroxylation is 2. The first kappa shape index (κ1) is 14.2. The lowest BCUT2D eigenvalue weighted by molar-refractivity contribution is -0.671. The van der Waals surface area contributed by atoms with E-state index >= 15 is 0 Å². The van der Waals surface area contributed by atoms with E-state index in [9.17, 15) is 9.59 Å². The molecule has 0 spiro atoms. The number of nitrogens with one attached hydrogen (secondary N) is 1. The summed E-state index contributed by atoms with van der Waals surface area (Å²) in [4.78, 5) is 19.7. The predicted molar refractivity (Wildman–Crippen MR) is 57.6 cm³/mol. The summed E-state index contributed by atoms with van der Waals surface area (Å²) < 4.78 is 4.16. The number of carbonyl (C=O) groups is 2. The first-order chi connectivity index (χ1) is 7.45. The molecule has 0 atom stereocenters. The lowest BCUT2D eigenvalue weighted by Gasteiger charge is -1.92. The molecule has 1 heterocycles. The van der Waals surface area contributed by atoms with E-state index in [0.717, 1.165) is 6.54 Å². The number of nitrogens with zero attached hydrogens (tertiary/aromatic N) is 2. The van der Waals surface area contributed by atoms with Crippen LogP contribution in [0.5, 0.6) is 0 Å². The second kappa shape index (κ2) is 7.44. The Morgan fingerprint density at radius 2 is 2.12 bits per heavy atom. The van der Waals surface area contributed by atoms with Crippen LogP contribution in [-0.4, -0.2) is 28.1 Å². The average molecular weight is 228 g/mol. The second-order valence-corrected chi connectivity index (χ2v) is 3.21. The fourth-order valence-corrected chi connectivity index (χ4v) is 0.889. The summed E-state index contributed by atoms with van der Waals surface area (Å²) in [6.45, 7) is 4.15. The molecule has 1 aromatic heterocycles.